The maximum Gasteiger partial charge on any atom is 0.123 e. The van der Waals surface area contributed by atoms with E-state index in [-0.39, 0.29) is 5.82 Å². The lowest BCUT2D eigenvalue weighted by Crippen LogP contribution is -2.43. The highest BCUT2D eigenvalue weighted by Gasteiger charge is 2.25. The Morgan fingerprint density at radius 1 is 1.14 bits per heavy atom. The monoisotopic (exact) mass is 298 g/mol. The number of rotatable bonds is 3. The van der Waals surface area contributed by atoms with Crippen LogP contribution in [0.15, 0.2) is 36.4 Å². The van der Waals surface area contributed by atoms with Crippen molar-refractivity contribution in [1.82, 2.24) is 0 Å². The number of anilines is 2. The van der Waals surface area contributed by atoms with Crippen molar-refractivity contribution in [2.24, 2.45) is 0 Å². The second-order valence-corrected chi connectivity index (χ2v) is 6.15. The second-order valence-electron chi connectivity index (χ2n) is 6.15. The van der Waals surface area contributed by atoms with Gasteiger partial charge in [0.15, 0.2) is 0 Å². The van der Waals surface area contributed by atoms with Gasteiger partial charge in [0.2, 0.25) is 0 Å². The minimum atomic E-state index is -0.178. The summed E-state index contributed by atoms with van der Waals surface area (Å²) in [4.78, 5) is 2.45. The lowest BCUT2D eigenvalue weighted by molar-refractivity contribution is 0.578. The Morgan fingerprint density at radius 3 is 2.50 bits per heavy atom. The fourth-order valence-corrected chi connectivity index (χ4v) is 3.08. The van der Waals surface area contributed by atoms with E-state index < -0.39 is 0 Å². The summed E-state index contributed by atoms with van der Waals surface area (Å²) in [5, 5.41) is 3.55. The Morgan fingerprint density at radius 2 is 1.82 bits per heavy atom. The van der Waals surface area contributed by atoms with Crippen LogP contribution in [0.5, 0.6) is 0 Å². The summed E-state index contributed by atoms with van der Waals surface area (Å²) < 4.78 is 13.1. The molecule has 2 nitrogen and oxygen atoms in total. The van der Waals surface area contributed by atoms with Gasteiger partial charge in [-0.1, -0.05) is 19.1 Å². The Balaban J connectivity index is 1.97. The predicted octanol–water partition coefficient (Wildman–Crippen LogP) is 4.65. The van der Waals surface area contributed by atoms with E-state index in [9.17, 15) is 4.39 Å². The molecule has 3 heteroatoms. The number of aryl methyl sites for hydroxylation is 2. The molecule has 0 radical (unpaired) electrons. The molecule has 2 aromatic rings. The van der Waals surface area contributed by atoms with Crippen LogP contribution in [0, 0.1) is 19.7 Å². The summed E-state index contributed by atoms with van der Waals surface area (Å²) in [6.07, 6.45) is 1.08. The standard InChI is InChI=1S/C19H23FN2/c1-4-17-11-21-18-9-13(2)14(3)10-19(18)22(17)12-15-5-7-16(20)8-6-15/h5-10,17,21H,4,11-12H2,1-3H3. The zero-order valence-corrected chi connectivity index (χ0v) is 13.5. The lowest BCUT2D eigenvalue weighted by Gasteiger charge is -2.40. The molecular weight excluding hydrogens is 275 g/mol. The second kappa shape index (κ2) is 5.99. The zero-order valence-electron chi connectivity index (χ0n) is 13.5. The first-order valence-electron chi connectivity index (χ1n) is 7.94. The van der Waals surface area contributed by atoms with Crippen molar-refractivity contribution >= 4 is 11.4 Å². The molecule has 0 aliphatic carbocycles. The van der Waals surface area contributed by atoms with Gasteiger partial charge in [-0.25, -0.2) is 4.39 Å². The van der Waals surface area contributed by atoms with Gasteiger partial charge >= 0.3 is 0 Å². The number of hydrogen-bond donors (Lipinski definition) is 1. The van der Waals surface area contributed by atoms with Gasteiger partial charge in [0.05, 0.1) is 11.4 Å². The lowest BCUT2D eigenvalue weighted by atomic mass is 10.0. The first-order valence-corrected chi connectivity index (χ1v) is 7.94. The van der Waals surface area contributed by atoms with Crippen molar-refractivity contribution < 1.29 is 4.39 Å². The molecule has 0 saturated heterocycles. The molecule has 1 N–H and O–H groups in total. The van der Waals surface area contributed by atoms with Crippen LogP contribution in [0.1, 0.15) is 30.0 Å². The number of fused-ring (bicyclic) bond motifs is 1. The van der Waals surface area contributed by atoms with E-state index in [1.54, 1.807) is 12.1 Å². The molecule has 0 spiro atoms. The molecular formula is C19H23FN2. The molecule has 1 atom stereocenters. The first kappa shape index (κ1) is 14.9. The Kier molecular flexibility index (Phi) is 4.06. The molecule has 116 valence electrons. The highest BCUT2D eigenvalue weighted by molar-refractivity contribution is 5.75. The molecule has 1 aliphatic heterocycles. The van der Waals surface area contributed by atoms with Crippen LogP contribution in [0.4, 0.5) is 15.8 Å². The van der Waals surface area contributed by atoms with E-state index in [1.165, 1.54) is 22.5 Å². The van der Waals surface area contributed by atoms with Crippen LogP contribution >= 0.6 is 0 Å². The van der Waals surface area contributed by atoms with Crippen molar-refractivity contribution in [3.63, 3.8) is 0 Å². The largest absolute Gasteiger partial charge is 0.381 e. The number of benzene rings is 2. The van der Waals surface area contributed by atoms with Gasteiger partial charge in [-0.2, -0.15) is 0 Å². The van der Waals surface area contributed by atoms with Gasteiger partial charge in [-0.05, 0) is 61.2 Å². The van der Waals surface area contributed by atoms with E-state index in [2.05, 4.69) is 43.1 Å². The number of hydrogen-bond acceptors (Lipinski definition) is 2. The minimum Gasteiger partial charge on any atom is -0.381 e. The topological polar surface area (TPSA) is 15.3 Å². The number of nitrogens with one attached hydrogen (secondary N) is 1. The van der Waals surface area contributed by atoms with Crippen LogP contribution in [0.3, 0.4) is 0 Å². The van der Waals surface area contributed by atoms with Gasteiger partial charge in [0.25, 0.3) is 0 Å². The van der Waals surface area contributed by atoms with Gasteiger partial charge < -0.3 is 10.2 Å². The van der Waals surface area contributed by atoms with Gasteiger partial charge in [0.1, 0.15) is 5.82 Å². The SMILES string of the molecule is CCC1CNc2cc(C)c(C)cc2N1Cc1ccc(F)cc1. The van der Waals surface area contributed by atoms with E-state index in [4.69, 9.17) is 0 Å². The fourth-order valence-electron chi connectivity index (χ4n) is 3.08. The maximum atomic E-state index is 13.1. The van der Waals surface area contributed by atoms with Crippen molar-refractivity contribution in [3.05, 3.63) is 58.9 Å². The summed E-state index contributed by atoms with van der Waals surface area (Å²) in [6, 6.07) is 11.8. The highest BCUT2D eigenvalue weighted by atomic mass is 19.1. The minimum absolute atomic E-state index is 0.178. The molecule has 0 amide bonds. The Bertz CT molecular complexity index is 664. The van der Waals surface area contributed by atoms with E-state index >= 15 is 0 Å². The molecule has 1 heterocycles. The average molecular weight is 298 g/mol. The number of halogens is 1. The smallest absolute Gasteiger partial charge is 0.123 e. The summed E-state index contributed by atoms with van der Waals surface area (Å²) in [6.45, 7) is 8.29. The van der Waals surface area contributed by atoms with E-state index in [0.717, 1.165) is 25.1 Å². The molecule has 0 bridgehead atoms. The first-order chi connectivity index (χ1) is 10.6. The third-order valence-corrected chi connectivity index (χ3v) is 4.63. The average Bonchev–Trinajstić information content (AvgIpc) is 2.51. The van der Waals surface area contributed by atoms with E-state index in [1.807, 2.05) is 12.1 Å². The van der Waals surface area contributed by atoms with Crippen LogP contribution in [-0.2, 0) is 6.54 Å². The van der Waals surface area contributed by atoms with E-state index in [0.29, 0.717) is 6.04 Å². The quantitative estimate of drug-likeness (QED) is 0.887. The maximum absolute atomic E-state index is 13.1. The van der Waals surface area contributed by atoms with Gasteiger partial charge in [0, 0.05) is 19.1 Å². The summed E-state index contributed by atoms with van der Waals surface area (Å²) in [5.41, 5.74) is 6.22. The molecule has 0 fully saturated rings. The third-order valence-electron chi connectivity index (χ3n) is 4.63. The Labute approximate surface area is 132 Å². The molecule has 3 rings (SSSR count). The molecule has 0 saturated carbocycles. The molecule has 1 unspecified atom stereocenters. The summed E-state index contributed by atoms with van der Waals surface area (Å²) >= 11 is 0. The predicted molar refractivity (Wildman–Crippen MR) is 91.1 cm³/mol. The van der Waals surface area contributed by atoms with Crippen LogP contribution in [-0.4, -0.2) is 12.6 Å². The van der Waals surface area contributed by atoms with Crippen molar-refractivity contribution in [3.8, 4) is 0 Å². The van der Waals surface area contributed by atoms with Crippen molar-refractivity contribution in [2.45, 2.75) is 39.8 Å². The summed E-state index contributed by atoms with van der Waals surface area (Å²) in [7, 11) is 0. The van der Waals surface area contributed by atoms with Gasteiger partial charge in [-0.15, -0.1) is 0 Å². The molecule has 2 aromatic carbocycles. The molecule has 22 heavy (non-hydrogen) atoms. The highest BCUT2D eigenvalue weighted by Crippen LogP contribution is 2.35. The summed E-state index contributed by atoms with van der Waals surface area (Å²) in [5.74, 6) is -0.178. The van der Waals surface area contributed by atoms with Crippen molar-refractivity contribution in [2.75, 3.05) is 16.8 Å². The van der Waals surface area contributed by atoms with Crippen molar-refractivity contribution in [1.29, 1.82) is 0 Å². The van der Waals surface area contributed by atoms with Gasteiger partial charge in [-0.3, -0.25) is 0 Å². The third kappa shape index (κ3) is 2.80. The van der Waals surface area contributed by atoms with Crippen LogP contribution in [0.25, 0.3) is 0 Å². The Hall–Kier alpha value is -2.03. The molecule has 1 aliphatic rings. The zero-order chi connectivity index (χ0) is 15.7. The molecule has 0 aromatic heterocycles. The number of nitrogens with zero attached hydrogens (tertiary/aromatic N) is 1. The van der Waals surface area contributed by atoms with Crippen LogP contribution < -0.4 is 10.2 Å². The normalized spacial score (nSPS) is 17.1. The van der Waals surface area contributed by atoms with Crippen LogP contribution in [0.2, 0.25) is 0 Å². The fraction of sp³-hybridized carbons (Fsp3) is 0.368.